The lowest BCUT2D eigenvalue weighted by atomic mass is 9.93. The molecule has 0 aliphatic rings. The first kappa shape index (κ1) is 9.67. The summed E-state index contributed by atoms with van der Waals surface area (Å²) < 4.78 is 0. The summed E-state index contributed by atoms with van der Waals surface area (Å²) in [5.74, 6) is -0.599. The molecule has 0 heterocycles. The maximum Gasteiger partial charge on any atom is 0.128 e. The van der Waals surface area contributed by atoms with Gasteiger partial charge in [-0.25, -0.2) is 0 Å². The van der Waals surface area contributed by atoms with E-state index < -0.39 is 5.54 Å². The third-order valence-electron chi connectivity index (χ3n) is 1.73. The van der Waals surface area contributed by atoms with Crippen molar-refractivity contribution < 1.29 is 15.3 Å². The molecule has 4 nitrogen and oxygen atoms in total. The summed E-state index contributed by atoms with van der Waals surface area (Å²) in [5.41, 5.74) is 5.09. The van der Waals surface area contributed by atoms with Gasteiger partial charge < -0.3 is 21.1 Å². The van der Waals surface area contributed by atoms with Gasteiger partial charge in [-0.3, -0.25) is 0 Å². The van der Waals surface area contributed by atoms with Gasteiger partial charge in [0.15, 0.2) is 0 Å². The zero-order valence-electron chi connectivity index (χ0n) is 7.57. The molecule has 0 aromatic heterocycles. The quantitative estimate of drug-likeness (QED) is 0.523. The van der Waals surface area contributed by atoms with Crippen LogP contribution < -0.4 is 5.73 Å². The summed E-state index contributed by atoms with van der Waals surface area (Å²) in [6.45, 7) is 3.30. The number of phenols is 3. The summed E-state index contributed by atoms with van der Waals surface area (Å²) in [6.07, 6.45) is 0. The van der Waals surface area contributed by atoms with Crippen LogP contribution in [0, 0.1) is 0 Å². The highest BCUT2D eigenvalue weighted by Crippen LogP contribution is 2.37. The number of nitrogens with two attached hydrogens (primary N) is 1. The fourth-order valence-corrected chi connectivity index (χ4v) is 1.26. The van der Waals surface area contributed by atoms with Crippen molar-refractivity contribution in [1.29, 1.82) is 0 Å². The lowest BCUT2D eigenvalue weighted by Crippen LogP contribution is -2.28. The first-order valence-corrected chi connectivity index (χ1v) is 3.86. The zero-order valence-corrected chi connectivity index (χ0v) is 7.57. The minimum Gasteiger partial charge on any atom is -0.508 e. The molecule has 0 aliphatic heterocycles. The molecule has 0 amide bonds. The molecule has 13 heavy (non-hydrogen) atoms. The second-order valence-corrected chi connectivity index (χ2v) is 3.58. The molecule has 0 spiro atoms. The van der Waals surface area contributed by atoms with E-state index in [9.17, 15) is 10.2 Å². The van der Waals surface area contributed by atoms with Gasteiger partial charge in [0.25, 0.3) is 0 Å². The Morgan fingerprint density at radius 2 is 1.46 bits per heavy atom. The summed E-state index contributed by atoms with van der Waals surface area (Å²) in [7, 11) is 0. The smallest absolute Gasteiger partial charge is 0.128 e. The number of aromatic hydroxyl groups is 3. The van der Waals surface area contributed by atoms with E-state index >= 15 is 0 Å². The minimum atomic E-state index is -0.845. The zero-order chi connectivity index (χ0) is 10.2. The average Bonchev–Trinajstić information content (AvgIpc) is 1.78. The summed E-state index contributed by atoms with van der Waals surface area (Å²) in [5, 5.41) is 27.8. The van der Waals surface area contributed by atoms with E-state index in [0.717, 1.165) is 12.1 Å². The van der Waals surface area contributed by atoms with Gasteiger partial charge in [0.05, 0.1) is 5.56 Å². The highest BCUT2D eigenvalue weighted by molar-refractivity contribution is 5.51. The first-order chi connectivity index (χ1) is 5.82. The molecule has 1 rings (SSSR count). The molecule has 0 bridgehead atoms. The Hall–Kier alpha value is -1.42. The highest BCUT2D eigenvalue weighted by atomic mass is 16.3. The van der Waals surface area contributed by atoms with Crippen LogP contribution in [0.15, 0.2) is 12.1 Å². The molecule has 0 saturated carbocycles. The second kappa shape index (κ2) is 2.81. The minimum absolute atomic E-state index is 0.192. The predicted molar refractivity (Wildman–Crippen MR) is 48.6 cm³/mol. The van der Waals surface area contributed by atoms with E-state index in [2.05, 4.69) is 0 Å². The van der Waals surface area contributed by atoms with Crippen LogP contribution in [0.2, 0.25) is 0 Å². The molecule has 0 radical (unpaired) electrons. The monoisotopic (exact) mass is 183 g/mol. The third-order valence-corrected chi connectivity index (χ3v) is 1.73. The Bertz CT molecular complexity index is 305. The largest absolute Gasteiger partial charge is 0.508 e. The molecule has 0 atom stereocenters. The topological polar surface area (TPSA) is 86.7 Å². The number of benzene rings is 1. The number of hydrogen-bond acceptors (Lipinski definition) is 4. The Morgan fingerprint density at radius 3 is 1.77 bits per heavy atom. The van der Waals surface area contributed by atoms with Crippen LogP contribution >= 0.6 is 0 Å². The van der Waals surface area contributed by atoms with Crippen LogP contribution in [-0.4, -0.2) is 15.3 Å². The van der Waals surface area contributed by atoms with Gasteiger partial charge in [0, 0.05) is 17.7 Å². The SMILES string of the molecule is CC(C)(N)c1c(O)cc(O)cc1O. The first-order valence-electron chi connectivity index (χ1n) is 3.86. The molecule has 1 aromatic rings. The summed E-state index contributed by atoms with van der Waals surface area (Å²) in [4.78, 5) is 0. The van der Waals surface area contributed by atoms with Crippen molar-refractivity contribution in [2.75, 3.05) is 0 Å². The van der Waals surface area contributed by atoms with Gasteiger partial charge in [0.1, 0.15) is 17.2 Å². The van der Waals surface area contributed by atoms with E-state index in [4.69, 9.17) is 10.8 Å². The Morgan fingerprint density at radius 1 is 1.08 bits per heavy atom. The fraction of sp³-hybridized carbons (Fsp3) is 0.333. The van der Waals surface area contributed by atoms with E-state index in [1.165, 1.54) is 0 Å². The summed E-state index contributed by atoms with van der Waals surface area (Å²) in [6, 6.07) is 2.29. The molecule has 0 saturated heterocycles. The van der Waals surface area contributed by atoms with Crippen molar-refractivity contribution in [2.24, 2.45) is 5.73 Å². The predicted octanol–water partition coefficient (Wildman–Crippen LogP) is 0.997. The highest BCUT2D eigenvalue weighted by Gasteiger charge is 2.23. The van der Waals surface area contributed by atoms with Crippen molar-refractivity contribution in [1.82, 2.24) is 0 Å². The van der Waals surface area contributed by atoms with Crippen LogP contribution in [0.25, 0.3) is 0 Å². The molecule has 4 heteroatoms. The van der Waals surface area contributed by atoms with E-state index in [1.807, 2.05) is 0 Å². The third kappa shape index (κ3) is 1.84. The maximum absolute atomic E-state index is 9.41. The van der Waals surface area contributed by atoms with Crippen LogP contribution in [0.1, 0.15) is 19.4 Å². The molecule has 72 valence electrons. The molecule has 0 unspecified atom stereocenters. The van der Waals surface area contributed by atoms with Gasteiger partial charge >= 0.3 is 0 Å². The van der Waals surface area contributed by atoms with Crippen LogP contribution in [-0.2, 0) is 5.54 Å². The van der Waals surface area contributed by atoms with Crippen LogP contribution in [0.5, 0.6) is 17.2 Å². The second-order valence-electron chi connectivity index (χ2n) is 3.58. The van der Waals surface area contributed by atoms with Gasteiger partial charge in [-0.2, -0.15) is 0 Å². The molecular formula is C9H13NO3. The number of rotatable bonds is 1. The Balaban J connectivity index is 3.38. The van der Waals surface area contributed by atoms with Gasteiger partial charge in [-0.1, -0.05) is 0 Å². The van der Waals surface area contributed by atoms with Crippen LogP contribution in [0.3, 0.4) is 0 Å². The van der Waals surface area contributed by atoms with E-state index in [0.29, 0.717) is 0 Å². The van der Waals surface area contributed by atoms with Gasteiger partial charge in [-0.15, -0.1) is 0 Å². The summed E-state index contributed by atoms with van der Waals surface area (Å²) >= 11 is 0. The lowest BCUT2D eigenvalue weighted by molar-refractivity contribution is 0.393. The fourth-order valence-electron chi connectivity index (χ4n) is 1.26. The van der Waals surface area contributed by atoms with Crippen LogP contribution in [0.4, 0.5) is 0 Å². The van der Waals surface area contributed by atoms with Gasteiger partial charge in [-0.05, 0) is 13.8 Å². The van der Waals surface area contributed by atoms with E-state index in [-0.39, 0.29) is 22.8 Å². The van der Waals surface area contributed by atoms with Crippen molar-refractivity contribution in [3.63, 3.8) is 0 Å². The van der Waals surface area contributed by atoms with Crippen molar-refractivity contribution >= 4 is 0 Å². The molecular weight excluding hydrogens is 170 g/mol. The van der Waals surface area contributed by atoms with Gasteiger partial charge in [0.2, 0.25) is 0 Å². The molecule has 0 fully saturated rings. The average molecular weight is 183 g/mol. The lowest BCUT2D eigenvalue weighted by Gasteiger charge is -2.21. The molecule has 5 N–H and O–H groups in total. The standard InChI is InChI=1S/C9H13NO3/c1-9(2,10)8-6(12)3-5(11)4-7(8)13/h3-4,11-13H,10H2,1-2H3. The Kier molecular flexibility index (Phi) is 2.09. The van der Waals surface area contributed by atoms with Crippen molar-refractivity contribution in [3.05, 3.63) is 17.7 Å². The molecule has 0 aliphatic carbocycles. The van der Waals surface area contributed by atoms with Crippen molar-refractivity contribution in [2.45, 2.75) is 19.4 Å². The van der Waals surface area contributed by atoms with E-state index in [1.54, 1.807) is 13.8 Å². The maximum atomic E-state index is 9.41. The normalized spacial score (nSPS) is 11.6. The molecule has 1 aromatic carbocycles. The van der Waals surface area contributed by atoms with Crippen molar-refractivity contribution in [3.8, 4) is 17.2 Å². The number of hydrogen-bond donors (Lipinski definition) is 4. The Labute approximate surface area is 76.2 Å². The number of phenolic OH excluding ortho intramolecular Hbond substituents is 3.